The topological polar surface area (TPSA) is 84.3 Å². The molecule has 0 saturated carbocycles. The molecule has 4 aromatic rings. The monoisotopic (exact) mass is 558 g/mol. The van der Waals surface area contributed by atoms with E-state index < -0.39 is 52.7 Å². The standard InChI is InChI=1S/C31H25F3N4O3/c1-16(2)15-21-24-25(28(41)37(27(24)40)23-14-8-5-11-19(23)31(32,33)34)30(36-21)18-10-4-7-13-22(18)38-26(39)17-9-3-6-12-20(17)35-29(30)38/h3-14,16,21,24-25,36H,15H2,1-2H3/t21?,24-,25+,30?/m0/s1. The third kappa shape index (κ3) is 3.37. The van der Waals surface area contributed by atoms with Gasteiger partial charge >= 0.3 is 6.18 Å². The van der Waals surface area contributed by atoms with Gasteiger partial charge in [0.1, 0.15) is 11.4 Å². The molecule has 2 unspecified atom stereocenters. The van der Waals surface area contributed by atoms with Gasteiger partial charge in [0.15, 0.2) is 0 Å². The van der Waals surface area contributed by atoms with Gasteiger partial charge in [-0.2, -0.15) is 13.2 Å². The first-order chi connectivity index (χ1) is 19.6. The Bertz CT molecular complexity index is 1830. The van der Waals surface area contributed by atoms with Crippen molar-refractivity contribution in [3.05, 3.63) is 100 Å². The van der Waals surface area contributed by atoms with E-state index in [2.05, 4.69) is 5.32 Å². The van der Waals surface area contributed by atoms with Crippen LogP contribution in [0.4, 0.5) is 18.9 Å². The predicted octanol–water partition coefficient (Wildman–Crippen LogP) is 4.79. The van der Waals surface area contributed by atoms with E-state index in [9.17, 15) is 27.6 Å². The van der Waals surface area contributed by atoms with Gasteiger partial charge < -0.3 is 0 Å². The molecule has 2 amide bonds. The fourth-order valence-corrected chi connectivity index (χ4v) is 7.08. The largest absolute Gasteiger partial charge is 0.418 e. The Morgan fingerprint density at radius 1 is 0.902 bits per heavy atom. The van der Waals surface area contributed by atoms with Crippen molar-refractivity contribution in [2.45, 2.75) is 38.0 Å². The number of nitrogens with zero attached hydrogens (tertiary/aromatic N) is 3. The molecule has 10 heteroatoms. The van der Waals surface area contributed by atoms with Crippen molar-refractivity contribution in [2.24, 2.45) is 17.8 Å². The minimum Gasteiger partial charge on any atom is -0.297 e. The fraction of sp³-hybridized carbons (Fsp3) is 0.290. The number of halogens is 3. The molecule has 208 valence electrons. The van der Waals surface area contributed by atoms with E-state index in [0.717, 1.165) is 12.1 Å². The van der Waals surface area contributed by atoms with Crippen LogP contribution in [-0.2, 0) is 21.3 Å². The third-order valence-corrected chi connectivity index (χ3v) is 8.54. The second-order valence-electron chi connectivity index (χ2n) is 11.3. The summed E-state index contributed by atoms with van der Waals surface area (Å²) in [5.41, 5.74) is -1.73. The highest BCUT2D eigenvalue weighted by Crippen LogP contribution is 2.56. The Kier molecular flexibility index (Phi) is 5.38. The van der Waals surface area contributed by atoms with Crippen LogP contribution in [0.3, 0.4) is 0 Å². The Morgan fingerprint density at radius 3 is 2.29 bits per heavy atom. The molecule has 0 aliphatic carbocycles. The quantitative estimate of drug-likeness (QED) is 0.366. The van der Waals surface area contributed by atoms with Gasteiger partial charge in [-0.1, -0.05) is 56.3 Å². The van der Waals surface area contributed by atoms with Crippen molar-refractivity contribution in [1.29, 1.82) is 0 Å². The van der Waals surface area contributed by atoms with E-state index in [4.69, 9.17) is 4.98 Å². The fourth-order valence-electron chi connectivity index (χ4n) is 7.08. The highest BCUT2D eigenvalue weighted by molar-refractivity contribution is 6.23. The van der Waals surface area contributed by atoms with E-state index >= 15 is 0 Å². The highest BCUT2D eigenvalue weighted by Gasteiger charge is 2.70. The minimum atomic E-state index is -4.78. The first kappa shape index (κ1) is 25.6. The molecule has 7 nitrogen and oxygen atoms in total. The Hall–Kier alpha value is -4.31. The molecule has 4 heterocycles. The molecule has 2 saturated heterocycles. The second kappa shape index (κ2) is 8.59. The number of carbonyl (C=O) groups is 2. The van der Waals surface area contributed by atoms with Crippen LogP contribution >= 0.6 is 0 Å². The van der Waals surface area contributed by atoms with E-state index in [1.807, 2.05) is 13.8 Å². The number of imide groups is 1. The van der Waals surface area contributed by atoms with E-state index in [1.165, 1.54) is 16.7 Å². The maximum Gasteiger partial charge on any atom is 0.418 e. The summed E-state index contributed by atoms with van der Waals surface area (Å²) in [7, 11) is 0. The summed E-state index contributed by atoms with van der Waals surface area (Å²) >= 11 is 0. The highest BCUT2D eigenvalue weighted by atomic mass is 19.4. The number of nitrogens with one attached hydrogen (secondary N) is 1. The summed E-state index contributed by atoms with van der Waals surface area (Å²) in [5, 5.41) is 3.96. The van der Waals surface area contributed by atoms with Crippen LogP contribution in [0.25, 0.3) is 16.6 Å². The smallest absolute Gasteiger partial charge is 0.297 e. The first-order valence-electron chi connectivity index (χ1n) is 13.5. The molecule has 1 aromatic heterocycles. The lowest BCUT2D eigenvalue weighted by molar-refractivity contribution is -0.137. The number of para-hydroxylation sites is 3. The number of carbonyl (C=O) groups excluding carboxylic acids is 2. The second-order valence-corrected chi connectivity index (χ2v) is 11.3. The number of hydrogen-bond acceptors (Lipinski definition) is 5. The van der Waals surface area contributed by atoms with Crippen LogP contribution in [-0.4, -0.2) is 27.4 Å². The summed E-state index contributed by atoms with van der Waals surface area (Å²) in [6.07, 6.45) is -4.29. The maximum atomic E-state index is 14.4. The van der Waals surface area contributed by atoms with Crippen molar-refractivity contribution in [2.75, 3.05) is 4.90 Å². The molecule has 7 rings (SSSR count). The summed E-state index contributed by atoms with van der Waals surface area (Å²) in [6, 6.07) is 18.1. The summed E-state index contributed by atoms with van der Waals surface area (Å²) in [4.78, 5) is 48.0. The average molecular weight is 559 g/mol. The van der Waals surface area contributed by atoms with Crippen molar-refractivity contribution in [3.8, 4) is 5.69 Å². The Balaban J connectivity index is 1.51. The van der Waals surface area contributed by atoms with Gasteiger partial charge in [0.2, 0.25) is 11.8 Å². The van der Waals surface area contributed by atoms with Gasteiger partial charge in [0, 0.05) is 11.6 Å². The van der Waals surface area contributed by atoms with E-state index in [-0.39, 0.29) is 17.3 Å². The SMILES string of the molecule is CC(C)CC1NC2(c3ccccc3-n3c2nc2ccccc2c3=O)[C@H]2C(=O)N(c3ccccc3C(F)(F)F)C(=O)[C@@H]12. The van der Waals surface area contributed by atoms with Crippen molar-refractivity contribution < 1.29 is 22.8 Å². The van der Waals surface area contributed by atoms with Crippen molar-refractivity contribution in [1.82, 2.24) is 14.9 Å². The van der Waals surface area contributed by atoms with Gasteiger partial charge in [-0.25, -0.2) is 9.88 Å². The van der Waals surface area contributed by atoms with Gasteiger partial charge in [-0.3, -0.25) is 24.3 Å². The molecule has 0 radical (unpaired) electrons. The zero-order valence-corrected chi connectivity index (χ0v) is 22.1. The lowest BCUT2D eigenvalue weighted by Crippen LogP contribution is -2.50. The number of alkyl halides is 3. The van der Waals surface area contributed by atoms with Crippen LogP contribution in [0, 0.1) is 17.8 Å². The number of rotatable bonds is 3. The Morgan fingerprint density at radius 2 is 1.56 bits per heavy atom. The van der Waals surface area contributed by atoms with Crippen LogP contribution in [0.5, 0.6) is 0 Å². The molecule has 1 N–H and O–H groups in total. The molecule has 3 aromatic carbocycles. The third-order valence-electron chi connectivity index (χ3n) is 8.54. The number of amides is 2. The summed E-state index contributed by atoms with van der Waals surface area (Å²) < 4.78 is 43.7. The molecule has 41 heavy (non-hydrogen) atoms. The number of benzene rings is 3. The predicted molar refractivity (Wildman–Crippen MR) is 145 cm³/mol. The normalized spacial score (nSPS) is 24.9. The number of aromatic nitrogens is 2. The first-order valence-corrected chi connectivity index (χ1v) is 13.5. The molecule has 4 atom stereocenters. The molecular formula is C31H25F3N4O3. The van der Waals surface area contributed by atoms with Crippen LogP contribution in [0.2, 0.25) is 0 Å². The number of anilines is 1. The summed E-state index contributed by atoms with van der Waals surface area (Å²) in [5.74, 6) is -3.16. The number of fused-ring (bicyclic) bond motifs is 8. The lowest BCUT2D eigenvalue weighted by Gasteiger charge is -2.32. The number of hydrogen-bond donors (Lipinski definition) is 1. The van der Waals surface area contributed by atoms with E-state index in [1.54, 1.807) is 48.5 Å². The molecule has 2 fully saturated rings. The zero-order valence-electron chi connectivity index (χ0n) is 22.1. The van der Waals surface area contributed by atoms with Crippen molar-refractivity contribution in [3.63, 3.8) is 0 Å². The maximum absolute atomic E-state index is 14.4. The van der Waals surface area contributed by atoms with Gasteiger partial charge in [0.25, 0.3) is 5.56 Å². The molecule has 0 bridgehead atoms. The summed E-state index contributed by atoms with van der Waals surface area (Å²) in [6.45, 7) is 3.96. The molecule has 3 aliphatic rings. The van der Waals surface area contributed by atoms with Crippen LogP contribution < -0.4 is 15.8 Å². The molecular weight excluding hydrogens is 533 g/mol. The van der Waals surface area contributed by atoms with Crippen molar-refractivity contribution >= 4 is 28.4 Å². The average Bonchev–Trinajstić information content (AvgIpc) is 3.51. The molecule has 1 spiro atoms. The zero-order chi connectivity index (χ0) is 28.8. The minimum absolute atomic E-state index is 0.103. The molecule has 3 aliphatic heterocycles. The lowest BCUT2D eigenvalue weighted by atomic mass is 9.75. The van der Waals surface area contributed by atoms with Gasteiger partial charge in [0.05, 0.1) is 39.7 Å². The van der Waals surface area contributed by atoms with Gasteiger partial charge in [-0.15, -0.1) is 0 Å². The Labute approximate surface area is 232 Å². The van der Waals surface area contributed by atoms with Crippen LogP contribution in [0.15, 0.2) is 77.6 Å². The van der Waals surface area contributed by atoms with E-state index in [0.29, 0.717) is 33.5 Å². The van der Waals surface area contributed by atoms with Crippen LogP contribution in [0.1, 0.15) is 37.2 Å². The van der Waals surface area contributed by atoms with Gasteiger partial charge in [-0.05, 0) is 42.7 Å².